The van der Waals surface area contributed by atoms with E-state index >= 15 is 0 Å². The van der Waals surface area contributed by atoms with Gasteiger partial charge in [-0.25, -0.2) is 4.98 Å². The Morgan fingerprint density at radius 1 is 1.07 bits per heavy atom. The molecule has 1 N–H and O–H groups in total. The van der Waals surface area contributed by atoms with Crippen LogP contribution in [0.1, 0.15) is 35.4 Å². The number of halogens is 1. The minimum Gasteiger partial charge on any atom is -0.471 e. The number of pyridine rings is 3. The van der Waals surface area contributed by atoms with E-state index in [1.165, 1.54) is 12.0 Å². The number of fused-ring (bicyclic) bond motifs is 1. The summed E-state index contributed by atoms with van der Waals surface area (Å²) in [6.07, 6.45) is 9.59. The van der Waals surface area contributed by atoms with Crippen LogP contribution >= 0.6 is 12.4 Å². The molecule has 0 spiro atoms. The van der Waals surface area contributed by atoms with Crippen LogP contribution in [0.15, 0.2) is 48.9 Å². The van der Waals surface area contributed by atoms with Gasteiger partial charge in [-0.2, -0.15) is 0 Å². The van der Waals surface area contributed by atoms with E-state index in [0.717, 1.165) is 47.3 Å². The van der Waals surface area contributed by atoms with Crippen molar-refractivity contribution in [3.63, 3.8) is 0 Å². The summed E-state index contributed by atoms with van der Waals surface area (Å²) >= 11 is 0. The summed E-state index contributed by atoms with van der Waals surface area (Å²) in [6.45, 7) is 0.373. The first-order valence-electron chi connectivity index (χ1n) is 8.94. The molecule has 0 saturated carbocycles. The highest BCUT2D eigenvalue weighted by molar-refractivity contribution is 5.85. The van der Waals surface area contributed by atoms with Gasteiger partial charge in [-0.15, -0.1) is 12.4 Å². The smallest absolute Gasteiger partial charge is 0.214 e. The van der Waals surface area contributed by atoms with Gasteiger partial charge >= 0.3 is 0 Å². The molecule has 0 aromatic carbocycles. The molecular weight excluding hydrogens is 362 g/mol. The number of aliphatic hydroxyl groups is 1. The standard InChI is InChI=1S/C21H21N3O2.ClH/c25-13-15-9-16(12-22-11-15)19-10-21(24-20-7-2-1-6-18(19)20)26-14-17-5-3-4-8-23-17;/h3-5,8-12,25H,1-2,6-7,13-14H2;1H. The van der Waals surface area contributed by atoms with Crippen LogP contribution in [-0.4, -0.2) is 20.1 Å². The van der Waals surface area contributed by atoms with Crippen molar-refractivity contribution in [2.45, 2.75) is 38.9 Å². The lowest BCUT2D eigenvalue weighted by Gasteiger charge is -2.20. The summed E-state index contributed by atoms with van der Waals surface area (Å²) in [5, 5.41) is 9.43. The quantitative estimate of drug-likeness (QED) is 0.723. The van der Waals surface area contributed by atoms with Crippen molar-refractivity contribution in [2.24, 2.45) is 0 Å². The zero-order chi connectivity index (χ0) is 17.8. The number of ether oxygens (including phenoxy) is 1. The Morgan fingerprint density at radius 3 is 2.78 bits per heavy atom. The molecule has 3 aromatic heterocycles. The Bertz CT molecular complexity index is 903. The molecule has 0 saturated heterocycles. The van der Waals surface area contributed by atoms with Crippen LogP contribution in [0.4, 0.5) is 0 Å². The fraction of sp³-hybridized carbons (Fsp3) is 0.286. The maximum Gasteiger partial charge on any atom is 0.214 e. The van der Waals surface area contributed by atoms with Crippen LogP contribution in [-0.2, 0) is 26.1 Å². The first-order chi connectivity index (χ1) is 12.8. The molecule has 0 bridgehead atoms. The van der Waals surface area contributed by atoms with Crippen LogP contribution in [0.3, 0.4) is 0 Å². The lowest BCUT2D eigenvalue weighted by Crippen LogP contribution is -2.09. The SMILES string of the molecule is Cl.OCc1cncc(-c2cc(OCc3ccccn3)nc3c2CCCC3)c1. The van der Waals surface area contributed by atoms with Crippen molar-refractivity contribution in [1.82, 2.24) is 15.0 Å². The summed E-state index contributed by atoms with van der Waals surface area (Å²) in [7, 11) is 0. The molecule has 0 radical (unpaired) electrons. The number of aromatic nitrogens is 3. The molecule has 27 heavy (non-hydrogen) atoms. The van der Waals surface area contributed by atoms with Crippen molar-refractivity contribution in [1.29, 1.82) is 0 Å². The van der Waals surface area contributed by atoms with E-state index in [0.29, 0.717) is 12.5 Å². The van der Waals surface area contributed by atoms with E-state index in [1.54, 1.807) is 12.4 Å². The van der Waals surface area contributed by atoms with Gasteiger partial charge in [0, 0.05) is 35.9 Å². The predicted octanol–water partition coefficient (Wildman–Crippen LogP) is 3.91. The first kappa shape index (κ1) is 19.3. The number of nitrogens with zero attached hydrogens (tertiary/aromatic N) is 3. The summed E-state index contributed by atoms with van der Waals surface area (Å²) < 4.78 is 5.93. The summed E-state index contributed by atoms with van der Waals surface area (Å²) in [6, 6.07) is 9.75. The second kappa shape index (κ2) is 8.93. The zero-order valence-electron chi connectivity index (χ0n) is 15.0. The van der Waals surface area contributed by atoms with Crippen LogP contribution in [0.5, 0.6) is 5.88 Å². The molecule has 5 nitrogen and oxygen atoms in total. The molecule has 4 rings (SSSR count). The normalized spacial score (nSPS) is 12.8. The van der Waals surface area contributed by atoms with Crippen molar-refractivity contribution in [2.75, 3.05) is 0 Å². The molecule has 0 amide bonds. The second-order valence-electron chi connectivity index (χ2n) is 6.49. The van der Waals surface area contributed by atoms with Crippen molar-refractivity contribution >= 4 is 12.4 Å². The van der Waals surface area contributed by atoms with Gasteiger partial charge in [-0.05, 0) is 60.6 Å². The van der Waals surface area contributed by atoms with E-state index in [9.17, 15) is 5.11 Å². The molecular formula is C21H22ClN3O2. The Balaban J connectivity index is 0.00000210. The Kier molecular flexibility index (Phi) is 6.37. The van der Waals surface area contributed by atoms with Gasteiger partial charge in [-0.1, -0.05) is 6.07 Å². The maximum absolute atomic E-state index is 9.43. The predicted molar refractivity (Wildman–Crippen MR) is 106 cm³/mol. The van der Waals surface area contributed by atoms with Crippen LogP contribution in [0.2, 0.25) is 0 Å². The molecule has 0 atom stereocenters. The van der Waals surface area contributed by atoms with Gasteiger partial charge in [-0.3, -0.25) is 9.97 Å². The molecule has 3 heterocycles. The number of aryl methyl sites for hydroxylation is 1. The number of aliphatic hydroxyl groups excluding tert-OH is 1. The van der Waals surface area contributed by atoms with Crippen molar-refractivity contribution in [3.8, 4) is 17.0 Å². The third kappa shape index (κ3) is 4.43. The van der Waals surface area contributed by atoms with Gasteiger partial charge in [0.05, 0.1) is 12.3 Å². The number of rotatable bonds is 5. The molecule has 6 heteroatoms. The fourth-order valence-corrected chi connectivity index (χ4v) is 3.36. The van der Waals surface area contributed by atoms with Crippen LogP contribution < -0.4 is 4.74 Å². The molecule has 3 aromatic rings. The van der Waals surface area contributed by atoms with Crippen molar-refractivity contribution < 1.29 is 9.84 Å². The minimum absolute atomic E-state index is 0. The summed E-state index contributed by atoms with van der Waals surface area (Å²) in [5.41, 5.74) is 6.17. The Labute approximate surface area is 164 Å². The second-order valence-corrected chi connectivity index (χ2v) is 6.49. The van der Waals surface area contributed by atoms with Gasteiger partial charge in [0.2, 0.25) is 5.88 Å². The highest BCUT2D eigenvalue weighted by Gasteiger charge is 2.18. The van der Waals surface area contributed by atoms with Gasteiger partial charge in [0.1, 0.15) is 6.61 Å². The molecule has 0 aliphatic heterocycles. The molecule has 0 fully saturated rings. The van der Waals surface area contributed by atoms with Crippen LogP contribution in [0, 0.1) is 0 Å². The third-order valence-electron chi connectivity index (χ3n) is 4.66. The van der Waals surface area contributed by atoms with E-state index in [4.69, 9.17) is 9.72 Å². The lowest BCUT2D eigenvalue weighted by molar-refractivity contribution is 0.281. The van der Waals surface area contributed by atoms with E-state index in [2.05, 4.69) is 9.97 Å². The molecule has 1 aliphatic carbocycles. The molecule has 0 unspecified atom stereocenters. The largest absolute Gasteiger partial charge is 0.471 e. The van der Waals surface area contributed by atoms with E-state index < -0.39 is 0 Å². The average Bonchev–Trinajstić information content (AvgIpc) is 2.72. The van der Waals surface area contributed by atoms with E-state index in [1.807, 2.05) is 36.5 Å². The molecule has 140 valence electrons. The van der Waals surface area contributed by atoms with Gasteiger partial charge < -0.3 is 9.84 Å². The Morgan fingerprint density at radius 2 is 1.96 bits per heavy atom. The first-order valence-corrected chi connectivity index (χ1v) is 8.94. The third-order valence-corrected chi connectivity index (χ3v) is 4.66. The summed E-state index contributed by atoms with van der Waals surface area (Å²) in [4.78, 5) is 13.3. The zero-order valence-corrected chi connectivity index (χ0v) is 15.8. The van der Waals surface area contributed by atoms with Gasteiger partial charge in [0.15, 0.2) is 0 Å². The highest BCUT2D eigenvalue weighted by atomic mass is 35.5. The van der Waals surface area contributed by atoms with Crippen LogP contribution in [0.25, 0.3) is 11.1 Å². The van der Waals surface area contributed by atoms with Gasteiger partial charge in [0.25, 0.3) is 0 Å². The maximum atomic E-state index is 9.43. The number of hydrogen-bond acceptors (Lipinski definition) is 5. The molecule has 1 aliphatic rings. The highest BCUT2D eigenvalue weighted by Crippen LogP contribution is 2.33. The van der Waals surface area contributed by atoms with E-state index in [-0.39, 0.29) is 19.0 Å². The lowest BCUT2D eigenvalue weighted by atomic mass is 9.89. The Hall–Kier alpha value is -2.50. The minimum atomic E-state index is -0.0167. The monoisotopic (exact) mass is 383 g/mol. The summed E-state index contributed by atoms with van der Waals surface area (Å²) in [5.74, 6) is 0.612. The fourth-order valence-electron chi connectivity index (χ4n) is 3.36. The van der Waals surface area contributed by atoms with Crippen molar-refractivity contribution in [3.05, 3.63) is 71.4 Å². The number of hydrogen-bond donors (Lipinski definition) is 1. The average molecular weight is 384 g/mol. The topological polar surface area (TPSA) is 68.1 Å².